The summed E-state index contributed by atoms with van der Waals surface area (Å²) in [7, 11) is 0. The summed E-state index contributed by atoms with van der Waals surface area (Å²) in [5.74, 6) is 5.21. The second-order valence-corrected chi connectivity index (χ2v) is 3.14. The molecule has 2 N–H and O–H groups in total. The second kappa shape index (κ2) is 5.17. The molecule has 15 heavy (non-hydrogen) atoms. The van der Waals surface area contributed by atoms with Gasteiger partial charge in [-0.3, -0.25) is 0 Å². The summed E-state index contributed by atoms with van der Waals surface area (Å²) in [4.78, 5) is 0. The van der Waals surface area contributed by atoms with Gasteiger partial charge in [0, 0.05) is 5.56 Å². The highest BCUT2D eigenvalue weighted by atomic mass is 16.3. The second-order valence-electron chi connectivity index (χ2n) is 3.14. The van der Waals surface area contributed by atoms with E-state index in [1.165, 1.54) is 0 Å². The van der Waals surface area contributed by atoms with Crippen molar-refractivity contribution in [1.29, 1.82) is 5.26 Å². The highest BCUT2D eigenvalue weighted by Gasteiger charge is 2.22. The molecule has 3 heteroatoms. The van der Waals surface area contributed by atoms with E-state index in [0.29, 0.717) is 0 Å². The van der Waals surface area contributed by atoms with Crippen LogP contribution in [-0.4, -0.2) is 22.4 Å². The molecule has 0 unspecified atom stereocenters. The fourth-order valence-electron chi connectivity index (χ4n) is 0.980. The number of benzene rings is 1. The van der Waals surface area contributed by atoms with Crippen LogP contribution >= 0.6 is 0 Å². The number of nitrogens with zero attached hydrogens (tertiary/aromatic N) is 1. The van der Waals surface area contributed by atoms with Crippen LogP contribution in [0.4, 0.5) is 0 Å². The quantitative estimate of drug-likeness (QED) is 0.691. The first kappa shape index (κ1) is 11.3. The van der Waals surface area contributed by atoms with Crippen molar-refractivity contribution in [3.63, 3.8) is 0 Å². The fraction of sp³-hybridized carbons (Fsp3) is 0.250. The van der Waals surface area contributed by atoms with E-state index < -0.39 is 12.2 Å². The zero-order chi connectivity index (χ0) is 11.1. The van der Waals surface area contributed by atoms with Crippen molar-refractivity contribution in [3.8, 4) is 17.9 Å². The third kappa shape index (κ3) is 3.44. The Morgan fingerprint density at radius 2 is 1.93 bits per heavy atom. The Kier molecular flexibility index (Phi) is 3.88. The summed E-state index contributed by atoms with van der Waals surface area (Å²) >= 11 is 0. The van der Waals surface area contributed by atoms with Crippen molar-refractivity contribution in [2.24, 2.45) is 0 Å². The van der Waals surface area contributed by atoms with Crippen LogP contribution < -0.4 is 0 Å². The van der Waals surface area contributed by atoms with Crippen LogP contribution in [0.3, 0.4) is 0 Å². The molecule has 76 valence electrons. The largest absolute Gasteiger partial charge is 0.392 e. The van der Waals surface area contributed by atoms with Gasteiger partial charge in [-0.05, 0) is 12.1 Å². The zero-order valence-corrected chi connectivity index (χ0v) is 8.14. The standard InChI is InChI=1S/C12H11NO2/c13-9-8-12(15,10-14)7-6-11-4-2-1-3-5-11/h1-5,14-15H,8,10H2/t12-/m0/s1. The monoisotopic (exact) mass is 201 g/mol. The predicted molar refractivity (Wildman–Crippen MR) is 55.6 cm³/mol. The third-order valence-corrected chi connectivity index (χ3v) is 1.85. The number of hydrogen-bond donors (Lipinski definition) is 2. The van der Waals surface area contributed by atoms with E-state index in [1.54, 1.807) is 18.2 Å². The molecule has 1 rings (SSSR count). The summed E-state index contributed by atoms with van der Waals surface area (Å²) in [6.45, 7) is -0.541. The van der Waals surface area contributed by atoms with Gasteiger partial charge in [-0.2, -0.15) is 5.26 Å². The highest BCUT2D eigenvalue weighted by Crippen LogP contribution is 2.07. The molecule has 0 saturated heterocycles. The van der Waals surface area contributed by atoms with Crippen molar-refractivity contribution in [2.45, 2.75) is 12.0 Å². The fourth-order valence-corrected chi connectivity index (χ4v) is 0.980. The number of nitriles is 1. The van der Waals surface area contributed by atoms with E-state index >= 15 is 0 Å². The van der Waals surface area contributed by atoms with Crippen LogP contribution in [0, 0.1) is 23.2 Å². The maximum Gasteiger partial charge on any atom is 0.161 e. The van der Waals surface area contributed by atoms with Crippen molar-refractivity contribution in [3.05, 3.63) is 35.9 Å². The van der Waals surface area contributed by atoms with Gasteiger partial charge in [-0.1, -0.05) is 30.0 Å². The van der Waals surface area contributed by atoms with Crippen LogP contribution in [0.5, 0.6) is 0 Å². The van der Waals surface area contributed by atoms with Gasteiger partial charge in [0.1, 0.15) is 0 Å². The van der Waals surface area contributed by atoms with E-state index in [1.807, 2.05) is 18.2 Å². The lowest BCUT2D eigenvalue weighted by Gasteiger charge is -2.14. The minimum atomic E-state index is -1.62. The normalized spacial score (nSPS) is 13.1. The van der Waals surface area contributed by atoms with Crippen molar-refractivity contribution in [2.75, 3.05) is 6.61 Å². The Hall–Kier alpha value is -1.81. The average Bonchev–Trinajstić information content (AvgIpc) is 2.28. The van der Waals surface area contributed by atoms with Crippen LogP contribution in [-0.2, 0) is 0 Å². The molecule has 1 aromatic carbocycles. The first-order valence-corrected chi connectivity index (χ1v) is 4.48. The van der Waals surface area contributed by atoms with Gasteiger partial charge in [0.2, 0.25) is 0 Å². The summed E-state index contributed by atoms with van der Waals surface area (Å²) in [6.07, 6.45) is -0.205. The van der Waals surface area contributed by atoms with Crippen LogP contribution in [0.15, 0.2) is 30.3 Å². The molecule has 0 aromatic heterocycles. The molecule has 0 amide bonds. The lowest BCUT2D eigenvalue weighted by molar-refractivity contribution is 0.0398. The molecule has 3 nitrogen and oxygen atoms in total. The Morgan fingerprint density at radius 3 is 2.47 bits per heavy atom. The van der Waals surface area contributed by atoms with Crippen LogP contribution in [0.1, 0.15) is 12.0 Å². The maximum absolute atomic E-state index is 9.64. The van der Waals surface area contributed by atoms with Gasteiger partial charge < -0.3 is 10.2 Å². The minimum absolute atomic E-state index is 0.205. The minimum Gasteiger partial charge on any atom is -0.392 e. The number of aliphatic hydroxyl groups excluding tert-OH is 1. The van der Waals surface area contributed by atoms with Crippen molar-refractivity contribution < 1.29 is 10.2 Å². The van der Waals surface area contributed by atoms with E-state index in [2.05, 4.69) is 11.8 Å². The molecule has 0 aliphatic heterocycles. The molecule has 0 heterocycles. The molecule has 0 radical (unpaired) electrons. The van der Waals surface area contributed by atoms with E-state index in [-0.39, 0.29) is 6.42 Å². The topological polar surface area (TPSA) is 64.2 Å². The number of hydrogen-bond acceptors (Lipinski definition) is 3. The van der Waals surface area contributed by atoms with E-state index in [9.17, 15) is 5.11 Å². The predicted octanol–water partition coefficient (Wildman–Crippen LogP) is 0.675. The molecule has 1 aromatic rings. The average molecular weight is 201 g/mol. The van der Waals surface area contributed by atoms with Gasteiger partial charge in [0.25, 0.3) is 0 Å². The smallest absolute Gasteiger partial charge is 0.161 e. The summed E-state index contributed by atoms with van der Waals surface area (Å²) < 4.78 is 0. The molecular weight excluding hydrogens is 190 g/mol. The Balaban J connectivity index is 2.85. The molecule has 0 spiro atoms. The van der Waals surface area contributed by atoms with Crippen molar-refractivity contribution >= 4 is 0 Å². The Bertz CT molecular complexity index is 411. The molecule has 0 bridgehead atoms. The maximum atomic E-state index is 9.64. The van der Waals surface area contributed by atoms with Gasteiger partial charge in [-0.15, -0.1) is 0 Å². The molecule has 1 atom stereocenters. The molecule has 0 aliphatic carbocycles. The number of aliphatic hydroxyl groups is 2. The Morgan fingerprint density at radius 1 is 1.27 bits per heavy atom. The first-order valence-electron chi connectivity index (χ1n) is 4.48. The molecule has 0 saturated carbocycles. The lowest BCUT2D eigenvalue weighted by Crippen LogP contribution is -2.30. The molecular formula is C12H11NO2. The van der Waals surface area contributed by atoms with E-state index in [4.69, 9.17) is 10.4 Å². The number of rotatable bonds is 2. The highest BCUT2D eigenvalue weighted by molar-refractivity contribution is 5.36. The lowest BCUT2D eigenvalue weighted by atomic mass is 10.0. The van der Waals surface area contributed by atoms with Crippen molar-refractivity contribution in [1.82, 2.24) is 0 Å². The summed E-state index contributed by atoms with van der Waals surface area (Å²) in [5.41, 5.74) is -0.882. The van der Waals surface area contributed by atoms with Gasteiger partial charge in [0.05, 0.1) is 19.1 Å². The van der Waals surface area contributed by atoms with Gasteiger partial charge in [0.15, 0.2) is 5.60 Å². The van der Waals surface area contributed by atoms with E-state index in [0.717, 1.165) is 5.56 Å². The van der Waals surface area contributed by atoms with Gasteiger partial charge in [-0.25, -0.2) is 0 Å². The first-order chi connectivity index (χ1) is 7.20. The van der Waals surface area contributed by atoms with Crippen LogP contribution in [0.2, 0.25) is 0 Å². The van der Waals surface area contributed by atoms with Crippen LogP contribution in [0.25, 0.3) is 0 Å². The summed E-state index contributed by atoms with van der Waals surface area (Å²) in [6, 6.07) is 10.9. The zero-order valence-electron chi connectivity index (χ0n) is 8.14. The molecule has 0 aliphatic rings. The summed E-state index contributed by atoms with van der Waals surface area (Å²) in [5, 5.41) is 27.0. The third-order valence-electron chi connectivity index (χ3n) is 1.85. The molecule has 0 fully saturated rings. The SMILES string of the molecule is N#CC[C@@](O)(C#Cc1ccccc1)CO. The van der Waals surface area contributed by atoms with Gasteiger partial charge >= 0.3 is 0 Å². The Labute approximate surface area is 88.6 Å².